The summed E-state index contributed by atoms with van der Waals surface area (Å²) in [6.07, 6.45) is 2.45. The van der Waals surface area contributed by atoms with Crippen molar-refractivity contribution < 1.29 is 28.5 Å². The minimum Gasteiger partial charge on any atom is -0.485 e. The predicted molar refractivity (Wildman–Crippen MR) is 148 cm³/mol. The number of urea groups is 1. The summed E-state index contributed by atoms with van der Waals surface area (Å²) in [5, 5.41) is 6.95. The van der Waals surface area contributed by atoms with Gasteiger partial charge in [0.05, 0.1) is 24.1 Å². The first-order valence-corrected chi connectivity index (χ1v) is 13.0. The molecule has 0 bridgehead atoms. The molecule has 1 atom stereocenters. The molecule has 2 aliphatic rings. The fraction of sp³-hybridized carbons (Fsp3) is 0.241. The highest BCUT2D eigenvalue weighted by atomic mass is 35.5. The van der Waals surface area contributed by atoms with Gasteiger partial charge in [0.15, 0.2) is 11.5 Å². The molecule has 39 heavy (non-hydrogen) atoms. The number of amides is 2. The van der Waals surface area contributed by atoms with E-state index in [0.29, 0.717) is 82.5 Å². The molecule has 0 radical (unpaired) electrons. The number of anilines is 2. The van der Waals surface area contributed by atoms with Gasteiger partial charge in [-0.1, -0.05) is 11.6 Å². The molecule has 4 aromatic rings. The van der Waals surface area contributed by atoms with Gasteiger partial charge in [0.25, 0.3) is 0 Å². The Labute approximate surface area is 229 Å². The van der Waals surface area contributed by atoms with Crippen LogP contribution in [-0.2, 0) is 4.74 Å². The Bertz CT molecular complexity index is 1520. The summed E-state index contributed by atoms with van der Waals surface area (Å²) in [4.78, 5) is 17.0. The maximum atomic E-state index is 12.4. The zero-order valence-electron chi connectivity index (χ0n) is 21.2. The molecule has 1 aromatic heterocycles. The highest BCUT2D eigenvalue weighted by molar-refractivity contribution is 6.31. The van der Waals surface area contributed by atoms with Crippen molar-refractivity contribution in [3.8, 4) is 28.7 Å². The second kappa shape index (κ2) is 10.9. The third-order valence-corrected chi connectivity index (χ3v) is 6.80. The number of pyridine rings is 1. The standard InChI is InChI=1S/C29H26ClN3O6/c1-17-14-19(4-7-22(17)30)33-29(34)32-18-2-5-20(6-3-18)38-24-8-10-31-23-15-25(39-21-9-11-35-16-21)27-28(26(23)24)37-13-12-36-27/h2-8,10,14-15,21H,9,11-13,16H2,1H3,(H2,32,33,34). The van der Waals surface area contributed by atoms with Gasteiger partial charge in [0.1, 0.15) is 30.8 Å². The summed E-state index contributed by atoms with van der Waals surface area (Å²) < 4.78 is 29.8. The molecular weight excluding hydrogens is 522 g/mol. The van der Waals surface area contributed by atoms with Crippen LogP contribution < -0.4 is 29.6 Å². The van der Waals surface area contributed by atoms with E-state index in [2.05, 4.69) is 15.6 Å². The van der Waals surface area contributed by atoms with Crippen molar-refractivity contribution in [1.29, 1.82) is 0 Å². The first kappa shape index (κ1) is 25.1. The smallest absolute Gasteiger partial charge is 0.323 e. The van der Waals surface area contributed by atoms with E-state index in [1.165, 1.54) is 0 Å². The minimum absolute atomic E-state index is 0.0407. The molecule has 2 N–H and O–H groups in total. The van der Waals surface area contributed by atoms with E-state index in [9.17, 15) is 4.79 Å². The number of hydrogen-bond acceptors (Lipinski definition) is 7. The first-order valence-electron chi connectivity index (χ1n) is 12.6. The lowest BCUT2D eigenvalue weighted by Crippen LogP contribution is -2.20. The summed E-state index contributed by atoms with van der Waals surface area (Å²) in [6.45, 7) is 3.92. The summed E-state index contributed by atoms with van der Waals surface area (Å²) in [6, 6.07) is 15.6. The van der Waals surface area contributed by atoms with E-state index in [4.69, 9.17) is 35.3 Å². The second-order valence-corrected chi connectivity index (χ2v) is 9.61. The number of nitrogens with zero attached hydrogens (tertiary/aromatic N) is 1. The van der Waals surface area contributed by atoms with Gasteiger partial charge in [0, 0.05) is 35.1 Å². The van der Waals surface area contributed by atoms with Crippen LogP contribution in [0.3, 0.4) is 0 Å². The zero-order valence-corrected chi connectivity index (χ0v) is 21.9. The average Bonchev–Trinajstić information content (AvgIpc) is 3.45. The Balaban J connectivity index is 1.20. The van der Waals surface area contributed by atoms with Crippen LogP contribution in [0, 0.1) is 6.92 Å². The number of benzene rings is 3. The number of rotatable bonds is 6. The monoisotopic (exact) mass is 547 g/mol. The van der Waals surface area contributed by atoms with Gasteiger partial charge in [-0.3, -0.25) is 4.98 Å². The Morgan fingerprint density at radius 1 is 0.949 bits per heavy atom. The van der Waals surface area contributed by atoms with Gasteiger partial charge < -0.3 is 34.3 Å². The summed E-state index contributed by atoms with van der Waals surface area (Å²) in [5.41, 5.74) is 2.80. The van der Waals surface area contributed by atoms with Crippen LogP contribution in [0.1, 0.15) is 12.0 Å². The lowest BCUT2D eigenvalue weighted by Gasteiger charge is -2.24. The van der Waals surface area contributed by atoms with E-state index in [1.54, 1.807) is 48.7 Å². The molecule has 1 saturated heterocycles. The van der Waals surface area contributed by atoms with Crippen LogP contribution in [0.15, 0.2) is 60.8 Å². The van der Waals surface area contributed by atoms with Crippen molar-refractivity contribution in [2.45, 2.75) is 19.4 Å². The number of nitrogens with one attached hydrogen (secondary N) is 2. The number of hydrogen-bond donors (Lipinski definition) is 2. The quantitative estimate of drug-likeness (QED) is 0.281. The summed E-state index contributed by atoms with van der Waals surface area (Å²) >= 11 is 6.06. The SMILES string of the molecule is Cc1cc(NC(=O)Nc2ccc(Oc3ccnc4cc(OC5CCOC5)c5c(c34)OCCO5)cc2)ccc1Cl. The van der Waals surface area contributed by atoms with Gasteiger partial charge in [-0.25, -0.2) is 4.79 Å². The van der Waals surface area contributed by atoms with Crippen molar-refractivity contribution in [3.63, 3.8) is 0 Å². The Morgan fingerprint density at radius 3 is 2.49 bits per heavy atom. The van der Waals surface area contributed by atoms with Gasteiger partial charge in [0.2, 0.25) is 5.75 Å². The molecule has 6 rings (SSSR count). The number of halogens is 1. The lowest BCUT2D eigenvalue weighted by atomic mass is 10.1. The van der Waals surface area contributed by atoms with Crippen molar-refractivity contribution in [3.05, 3.63) is 71.4 Å². The number of aromatic nitrogens is 1. The summed E-state index contributed by atoms with van der Waals surface area (Å²) in [7, 11) is 0. The molecule has 1 fully saturated rings. The Morgan fingerprint density at radius 2 is 1.72 bits per heavy atom. The lowest BCUT2D eigenvalue weighted by molar-refractivity contribution is 0.128. The van der Waals surface area contributed by atoms with Gasteiger partial charge in [-0.05, 0) is 61.0 Å². The van der Waals surface area contributed by atoms with Crippen LogP contribution in [0.25, 0.3) is 10.9 Å². The molecule has 0 spiro atoms. The molecular formula is C29H26ClN3O6. The van der Waals surface area contributed by atoms with E-state index >= 15 is 0 Å². The topological polar surface area (TPSA) is 100 Å². The number of aryl methyl sites for hydroxylation is 1. The number of carbonyl (C=O) groups is 1. The highest BCUT2D eigenvalue weighted by Crippen LogP contribution is 2.48. The predicted octanol–water partition coefficient (Wildman–Crippen LogP) is 6.57. The molecule has 0 aliphatic carbocycles. The van der Waals surface area contributed by atoms with Gasteiger partial charge >= 0.3 is 6.03 Å². The molecule has 0 saturated carbocycles. The fourth-order valence-electron chi connectivity index (χ4n) is 4.48. The van der Waals surface area contributed by atoms with Gasteiger partial charge in [-0.2, -0.15) is 0 Å². The molecule has 2 aliphatic heterocycles. The second-order valence-electron chi connectivity index (χ2n) is 9.21. The number of carbonyl (C=O) groups excluding carboxylic acids is 1. The van der Waals surface area contributed by atoms with Crippen LogP contribution in [0.5, 0.6) is 28.7 Å². The van der Waals surface area contributed by atoms with Crippen LogP contribution >= 0.6 is 11.6 Å². The molecule has 200 valence electrons. The molecule has 10 heteroatoms. The Kier molecular flexibility index (Phi) is 7.00. The summed E-state index contributed by atoms with van der Waals surface area (Å²) in [5.74, 6) is 2.81. The van der Waals surface area contributed by atoms with E-state index < -0.39 is 0 Å². The maximum Gasteiger partial charge on any atom is 0.323 e. The van der Waals surface area contributed by atoms with E-state index in [-0.39, 0.29) is 12.1 Å². The van der Waals surface area contributed by atoms with Crippen molar-refractivity contribution in [2.24, 2.45) is 0 Å². The number of fused-ring (bicyclic) bond motifs is 3. The van der Waals surface area contributed by atoms with Crippen molar-refractivity contribution in [1.82, 2.24) is 4.98 Å². The zero-order chi connectivity index (χ0) is 26.8. The van der Waals surface area contributed by atoms with Crippen molar-refractivity contribution in [2.75, 3.05) is 37.1 Å². The average molecular weight is 548 g/mol. The first-order chi connectivity index (χ1) is 19.0. The van der Waals surface area contributed by atoms with Crippen molar-refractivity contribution >= 4 is 39.9 Å². The van der Waals surface area contributed by atoms with Crippen LogP contribution in [-0.4, -0.2) is 43.5 Å². The number of ether oxygens (including phenoxy) is 5. The van der Waals surface area contributed by atoms with E-state index in [1.807, 2.05) is 19.1 Å². The molecule has 2 amide bonds. The van der Waals surface area contributed by atoms with Crippen LogP contribution in [0.2, 0.25) is 5.02 Å². The maximum absolute atomic E-state index is 12.4. The largest absolute Gasteiger partial charge is 0.485 e. The van der Waals surface area contributed by atoms with Crippen LogP contribution in [0.4, 0.5) is 16.2 Å². The third-order valence-electron chi connectivity index (χ3n) is 6.38. The molecule has 3 aromatic carbocycles. The fourth-order valence-corrected chi connectivity index (χ4v) is 4.60. The van der Waals surface area contributed by atoms with Gasteiger partial charge in [-0.15, -0.1) is 0 Å². The minimum atomic E-state index is -0.364. The molecule has 9 nitrogen and oxygen atoms in total. The Hall–Kier alpha value is -4.21. The normalized spacial score (nSPS) is 16.1. The van der Waals surface area contributed by atoms with E-state index in [0.717, 1.165) is 12.0 Å². The molecule has 3 heterocycles. The molecule has 1 unspecified atom stereocenters. The third kappa shape index (κ3) is 5.50. The highest BCUT2D eigenvalue weighted by Gasteiger charge is 2.27.